The molecule has 0 aliphatic carbocycles. The number of aromatic amines is 1. The highest BCUT2D eigenvalue weighted by atomic mass is 15.1. The fourth-order valence-electron chi connectivity index (χ4n) is 2.05. The summed E-state index contributed by atoms with van der Waals surface area (Å²) < 4.78 is 0. The van der Waals surface area contributed by atoms with Gasteiger partial charge in [0.1, 0.15) is 0 Å². The third-order valence-corrected chi connectivity index (χ3v) is 3.11. The number of fused-ring (bicyclic) bond motifs is 1. The maximum atomic E-state index is 4.33. The van der Waals surface area contributed by atoms with Gasteiger partial charge in [-0.25, -0.2) is 0 Å². The number of aromatic nitrogens is 2. The van der Waals surface area contributed by atoms with E-state index in [1.165, 1.54) is 11.1 Å². The lowest BCUT2D eigenvalue weighted by Gasteiger charge is -1.97. The van der Waals surface area contributed by atoms with Crippen LogP contribution in [-0.4, -0.2) is 10.2 Å². The molecule has 0 saturated heterocycles. The largest absolute Gasteiger partial charge is 0.277 e. The summed E-state index contributed by atoms with van der Waals surface area (Å²) in [6.45, 7) is 2.11. The lowest BCUT2D eigenvalue weighted by molar-refractivity contribution is 1.11. The van der Waals surface area contributed by atoms with E-state index in [9.17, 15) is 0 Å². The molecule has 0 aliphatic heterocycles. The van der Waals surface area contributed by atoms with E-state index < -0.39 is 0 Å². The van der Waals surface area contributed by atoms with Gasteiger partial charge in [-0.3, -0.25) is 5.10 Å². The first kappa shape index (κ1) is 10.8. The van der Waals surface area contributed by atoms with Gasteiger partial charge in [-0.1, -0.05) is 48.5 Å². The number of nitrogens with one attached hydrogen (secondary N) is 1. The molecule has 2 heteroatoms. The Bertz CT molecular complexity index is 708. The second-order valence-corrected chi connectivity index (χ2v) is 4.34. The molecule has 0 amide bonds. The number of H-pyrrole nitrogens is 1. The smallest absolute Gasteiger partial charge is 0.0927 e. The Morgan fingerprint density at radius 1 is 0.944 bits per heavy atom. The minimum atomic E-state index is 0.980. The minimum absolute atomic E-state index is 0.980. The second-order valence-electron chi connectivity index (χ2n) is 4.34. The molecule has 0 saturated carbocycles. The summed E-state index contributed by atoms with van der Waals surface area (Å²) in [4.78, 5) is 0. The third kappa shape index (κ3) is 1.93. The number of rotatable bonds is 2. The molecule has 2 aromatic carbocycles. The maximum absolute atomic E-state index is 4.33. The van der Waals surface area contributed by atoms with Gasteiger partial charge in [-0.15, -0.1) is 0 Å². The fraction of sp³-hybridized carbons (Fsp3) is 0.0625. The van der Waals surface area contributed by atoms with Crippen LogP contribution in [0.4, 0.5) is 0 Å². The van der Waals surface area contributed by atoms with Crippen molar-refractivity contribution in [3.05, 3.63) is 65.4 Å². The lowest BCUT2D eigenvalue weighted by atomic mass is 10.1. The molecule has 0 aliphatic rings. The van der Waals surface area contributed by atoms with Crippen molar-refractivity contribution in [3.8, 4) is 0 Å². The van der Waals surface area contributed by atoms with E-state index in [-0.39, 0.29) is 0 Å². The molecule has 2 nitrogen and oxygen atoms in total. The van der Waals surface area contributed by atoms with E-state index in [1.807, 2.05) is 18.2 Å². The molecule has 0 radical (unpaired) electrons. The van der Waals surface area contributed by atoms with Gasteiger partial charge in [-0.05, 0) is 30.2 Å². The highest BCUT2D eigenvalue weighted by molar-refractivity contribution is 5.89. The predicted octanol–water partition coefficient (Wildman–Crippen LogP) is 4.04. The van der Waals surface area contributed by atoms with E-state index in [0.717, 1.165) is 16.6 Å². The number of hydrogen-bond donors (Lipinski definition) is 1. The zero-order valence-electron chi connectivity index (χ0n) is 10.2. The quantitative estimate of drug-likeness (QED) is 0.712. The van der Waals surface area contributed by atoms with Crippen molar-refractivity contribution in [2.75, 3.05) is 0 Å². The van der Waals surface area contributed by atoms with Crippen LogP contribution in [-0.2, 0) is 0 Å². The van der Waals surface area contributed by atoms with Crippen LogP contribution in [0, 0.1) is 6.92 Å². The van der Waals surface area contributed by atoms with Gasteiger partial charge < -0.3 is 0 Å². The molecular formula is C16H14N2. The summed E-state index contributed by atoms with van der Waals surface area (Å²) in [5, 5.41) is 8.52. The molecule has 3 aromatic rings. The van der Waals surface area contributed by atoms with Crippen molar-refractivity contribution in [3.63, 3.8) is 0 Å². The number of hydrogen-bond acceptors (Lipinski definition) is 1. The molecule has 1 aromatic heterocycles. The summed E-state index contributed by atoms with van der Waals surface area (Å²) in [5.41, 5.74) is 4.55. The molecule has 0 atom stereocenters. The van der Waals surface area contributed by atoms with Crippen LogP contribution in [0.3, 0.4) is 0 Å². The molecule has 88 valence electrons. The Morgan fingerprint density at radius 2 is 1.72 bits per heavy atom. The zero-order valence-corrected chi connectivity index (χ0v) is 10.2. The number of nitrogens with zero attached hydrogens (tertiary/aromatic N) is 1. The van der Waals surface area contributed by atoms with Gasteiger partial charge >= 0.3 is 0 Å². The molecule has 1 heterocycles. The van der Waals surface area contributed by atoms with Gasteiger partial charge in [0.05, 0.1) is 11.2 Å². The van der Waals surface area contributed by atoms with Crippen molar-refractivity contribution in [1.29, 1.82) is 0 Å². The summed E-state index contributed by atoms with van der Waals surface area (Å²) in [6.07, 6.45) is 4.17. The van der Waals surface area contributed by atoms with Crippen LogP contribution in [0.5, 0.6) is 0 Å². The number of benzene rings is 2. The van der Waals surface area contributed by atoms with Gasteiger partial charge in [0.2, 0.25) is 0 Å². The fourth-order valence-corrected chi connectivity index (χ4v) is 2.05. The first-order chi connectivity index (χ1) is 8.84. The predicted molar refractivity (Wildman–Crippen MR) is 76.2 cm³/mol. The highest BCUT2D eigenvalue weighted by Gasteiger charge is 2.00. The molecule has 0 bridgehead atoms. The first-order valence-electron chi connectivity index (χ1n) is 6.01. The Balaban J connectivity index is 2.00. The molecule has 0 fully saturated rings. The molecule has 18 heavy (non-hydrogen) atoms. The first-order valence-corrected chi connectivity index (χ1v) is 6.01. The van der Waals surface area contributed by atoms with Crippen molar-refractivity contribution in [1.82, 2.24) is 10.2 Å². The highest BCUT2D eigenvalue weighted by Crippen LogP contribution is 2.18. The lowest BCUT2D eigenvalue weighted by Crippen LogP contribution is -1.78. The molecular weight excluding hydrogens is 220 g/mol. The molecule has 1 N–H and O–H groups in total. The van der Waals surface area contributed by atoms with Gasteiger partial charge in [-0.2, -0.15) is 5.10 Å². The monoisotopic (exact) mass is 234 g/mol. The Hall–Kier alpha value is -2.35. The summed E-state index contributed by atoms with van der Waals surface area (Å²) in [5.74, 6) is 0. The van der Waals surface area contributed by atoms with Gasteiger partial charge in [0.15, 0.2) is 0 Å². The van der Waals surface area contributed by atoms with E-state index in [2.05, 4.69) is 59.6 Å². The second kappa shape index (κ2) is 4.49. The van der Waals surface area contributed by atoms with Crippen LogP contribution in [0.25, 0.3) is 23.1 Å². The SMILES string of the molecule is Cc1ccccc1C=Cc1n[nH]c2ccccc12. The van der Waals surface area contributed by atoms with Crippen LogP contribution in [0.1, 0.15) is 16.8 Å². The van der Waals surface area contributed by atoms with E-state index >= 15 is 0 Å². The maximum Gasteiger partial charge on any atom is 0.0927 e. The van der Waals surface area contributed by atoms with Crippen molar-refractivity contribution in [2.45, 2.75) is 6.92 Å². The Labute approximate surface area is 106 Å². The normalized spacial score (nSPS) is 11.4. The third-order valence-electron chi connectivity index (χ3n) is 3.11. The van der Waals surface area contributed by atoms with Gasteiger partial charge in [0.25, 0.3) is 0 Å². The minimum Gasteiger partial charge on any atom is -0.277 e. The van der Waals surface area contributed by atoms with Crippen LogP contribution < -0.4 is 0 Å². The van der Waals surface area contributed by atoms with Crippen molar-refractivity contribution in [2.24, 2.45) is 0 Å². The Kier molecular flexibility index (Phi) is 2.69. The van der Waals surface area contributed by atoms with Crippen LogP contribution in [0.15, 0.2) is 48.5 Å². The van der Waals surface area contributed by atoms with Crippen LogP contribution in [0.2, 0.25) is 0 Å². The average molecular weight is 234 g/mol. The summed E-state index contributed by atoms with van der Waals surface area (Å²) in [7, 11) is 0. The Morgan fingerprint density at radius 3 is 2.61 bits per heavy atom. The zero-order chi connectivity index (χ0) is 12.4. The van der Waals surface area contributed by atoms with Crippen molar-refractivity contribution >= 4 is 23.1 Å². The molecule has 0 spiro atoms. The summed E-state index contributed by atoms with van der Waals surface area (Å²) >= 11 is 0. The van der Waals surface area contributed by atoms with E-state index in [1.54, 1.807) is 0 Å². The number of para-hydroxylation sites is 1. The van der Waals surface area contributed by atoms with E-state index in [0.29, 0.717) is 0 Å². The topological polar surface area (TPSA) is 28.7 Å². The van der Waals surface area contributed by atoms with Crippen LogP contribution >= 0.6 is 0 Å². The number of aryl methyl sites for hydroxylation is 1. The van der Waals surface area contributed by atoms with Crippen molar-refractivity contribution < 1.29 is 0 Å². The standard InChI is InChI=1S/C16H14N2/c1-12-6-2-3-7-13(12)10-11-16-14-8-4-5-9-15(14)17-18-16/h2-11H,1H3,(H,17,18). The molecule has 3 rings (SSSR count). The van der Waals surface area contributed by atoms with E-state index in [4.69, 9.17) is 0 Å². The summed E-state index contributed by atoms with van der Waals surface area (Å²) in [6, 6.07) is 16.5. The average Bonchev–Trinajstić information content (AvgIpc) is 2.81. The van der Waals surface area contributed by atoms with Gasteiger partial charge in [0, 0.05) is 5.39 Å². The molecule has 0 unspecified atom stereocenters.